The lowest BCUT2D eigenvalue weighted by molar-refractivity contribution is 0.0495. The van der Waals surface area contributed by atoms with Crippen LogP contribution >= 0.6 is 11.3 Å². The number of nitrogens with zero attached hydrogens (tertiary/aromatic N) is 4. The maximum absolute atomic E-state index is 5.47. The lowest BCUT2D eigenvalue weighted by Gasteiger charge is -2.28. The van der Waals surface area contributed by atoms with Crippen LogP contribution in [0.1, 0.15) is 0 Å². The van der Waals surface area contributed by atoms with Crippen LogP contribution in [0.5, 0.6) is 0 Å². The average Bonchev–Trinajstić information content (AvgIpc) is 3.20. The van der Waals surface area contributed by atoms with Gasteiger partial charge < -0.3 is 10.2 Å². The SMILES string of the molecule is c1ccc(-c2csc3nc(-c4ccccn4)nc(NN4CCOCC4)c23)cc1. The molecule has 0 atom stereocenters. The van der Waals surface area contributed by atoms with Gasteiger partial charge in [-0.25, -0.2) is 15.0 Å². The number of thiophene rings is 1. The molecular formula is C21H19N5OS. The zero-order valence-electron chi connectivity index (χ0n) is 15.2. The largest absolute Gasteiger partial charge is 0.379 e. The van der Waals surface area contributed by atoms with Crippen LogP contribution in [-0.4, -0.2) is 46.3 Å². The minimum Gasteiger partial charge on any atom is -0.379 e. The molecule has 6 nitrogen and oxygen atoms in total. The molecule has 0 bridgehead atoms. The van der Waals surface area contributed by atoms with E-state index in [9.17, 15) is 0 Å². The lowest BCUT2D eigenvalue weighted by Crippen LogP contribution is -2.40. The van der Waals surface area contributed by atoms with Gasteiger partial charge in [-0.3, -0.25) is 4.98 Å². The predicted molar refractivity (Wildman–Crippen MR) is 112 cm³/mol. The third kappa shape index (κ3) is 3.35. The predicted octanol–water partition coefficient (Wildman–Crippen LogP) is 4.08. The first kappa shape index (κ1) is 17.2. The van der Waals surface area contributed by atoms with Gasteiger partial charge in [0.05, 0.1) is 18.6 Å². The normalized spacial score (nSPS) is 15.0. The molecule has 7 heteroatoms. The van der Waals surface area contributed by atoms with Gasteiger partial charge in [-0.1, -0.05) is 36.4 Å². The summed E-state index contributed by atoms with van der Waals surface area (Å²) in [7, 11) is 0. The van der Waals surface area contributed by atoms with Gasteiger partial charge >= 0.3 is 0 Å². The Bertz CT molecular complexity index is 1080. The quantitative estimate of drug-likeness (QED) is 0.567. The molecule has 0 amide bonds. The van der Waals surface area contributed by atoms with Crippen molar-refractivity contribution in [3.05, 3.63) is 60.1 Å². The van der Waals surface area contributed by atoms with Crippen molar-refractivity contribution < 1.29 is 4.74 Å². The fourth-order valence-corrected chi connectivity index (χ4v) is 4.23. The van der Waals surface area contributed by atoms with Gasteiger partial charge in [0.15, 0.2) is 11.6 Å². The number of hydrazine groups is 1. The molecule has 140 valence electrons. The van der Waals surface area contributed by atoms with Crippen molar-refractivity contribution in [2.75, 3.05) is 31.7 Å². The number of nitrogens with one attached hydrogen (secondary N) is 1. The van der Waals surface area contributed by atoms with Crippen LogP contribution in [0.25, 0.3) is 32.9 Å². The number of rotatable bonds is 4. The smallest absolute Gasteiger partial charge is 0.181 e. The summed E-state index contributed by atoms with van der Waals surface area (Å²) in [4.78, 5) is 15.0. The van der Waals surface area contributed by atoms with Crippen LogP contribution < -0.4 is 5.43 Å². The first-order valence-electron chi connectivity index (χ1n) is 9.24. The van der Waals surface area contributed by atoms with E-state index < -0.39 is 0 Å². The Hall–Kier alpha value is -2.87. The summed E-state index contributed by atoms with van der Waals surface area (Å²) in [5.41, 5.74) is 6.58. The molecule has 0 saturated carbocycles. The molecule has 28 heavy (non-hydrogen) atoms. The number of anilines is 1. The molecule has 1 aliphatic heterocycles. The highest BCUT2D eigenvalue weighted by Gasteiger charge is 2.19. The number of aromatic nitrogens is 3. The number of pyridine rings is 1. The maximum Gasteiger partial charge on any atom is 0.181 e. The van der Waals surface area contributed by atoms with Crippen molar-refractivity contribution in [3.8, 4) is 22.6 Å². The van der Waals surface area contributed by atoms with Crippen LogP contribution in [0.3, 0.4) is 0 Å². The Morgan fingerprint density at radius 3 is 2.57 bits per heavy atom. The van der Waals surface area contributed by atoms with Gasteiger partial charge in [0.25, 0.3) is 0 Å². The number of benzene rings is 1. The van der Waals surface area contributed by atoms with E-state index in [-0.39, 0.29) is 0 Å². The number of morpholine rings is 1. The van der Waals surface area contributed by atoms with E-state index in [0.717, 1.165) is 45.9 Å². The molecule has 0 radical (unpaired) electrons. The summed E-state index contributed by atoms with van der Waals surface area (Å²) in [6.07, 6.45) is 1.77. The van der Waals surface area contributed by atoms with Gasteiger partial charge in [-0.2, -0.15) is 0 Å². The van der Waals surface area contributed by atoms with Crippen LogP contribution in [0.15, 0.2) is 60.1 Å². The van der Waals surface area contributed by atoms with Crippen molar-refractivity contribution in [2.45, 2.75) is 0 Å². The molecule has 0 spiro atoms. The van der Waals surface area contributed by atoms with Crippen LogP contribution in [-0.2, 0) is 4.74 Å². The van der Waals surface area contributed by atoms with E-state index >= 15 is 0 Å². The first-order chi connectivity index (χ1) is 13.9. The third-order valence-electron chi connectivity index (χ3n) is 4.69. The molecule has 1 aliphatic rings. The highest BCUT2D eigenvalue weighted by Crippen LogP contribution is 2.38. The molecule has 1 saturated heterocycles. The highest BCUT2D eigenvalue weighted by atomic mass is 32.1. The average molecular weight is 389 g/mol. The minimum absolute atomic E-state index is 0.630. The molecule has 1 N–H and O–H groups in total. The van der Waals surface area contributed by atoms with E-state index in [1.165, 1.54) is 0 Å². The Balaban J connectivity index is 1.66. The molecule has 3 aromatic heterocycles. The van der Waals surface area contributed by atoms with E-state index in [1.807, 2.05) is 24.3 Å². The number of hydrogen-bond acceptors (Lipinski definition) is 7. The van der Waals surface area contributed by atoms with Gasteiger partial charge in [0, 0.05) is 30.2 Å². The van der Waals surface area contributed by atoms with Gasteiger partial charge in [-0.05, 0) is 17.7 Å². The van der Waals surface area contributed by atoms with Crippen LogP contribution in [0.2, 0.25) is 0 Å². The van der Waals surface area contributed by atoms with Gasteiger partial charge in [-0.15, -0.1) is 11.3 Å². The summed E-state index contributed by atoms with van der Waals surface area (Å²) >= 11 is 1.63. The zero-order chi connectivity index (χ0) is 18.8. The Morgan fingerprint density at radius 1 is 0.964 bits per heavy atom. The molecule has 4 aromatic rings. The van der Waals surface area contributed by atoms with E-state index in [1.54, 1.807) is 17.5 Å². The zero-order valence-corrected chi connectivity index (χ0v) is 16.0. The number of ether oxygens (including phenoxy) is 1. The Morgan fingerprint density at radius 2 is 1.79 bits per heavy atom. The molecule has 5 rings (SSSR count). The van der Waals surface area contributed by atoms with Crippen molar-refractivity contribution in [1.29, 1.82) is 0 Å². The molecular weight excluding hydrogens is 370 g/mol. The summed E-state index contributed by atoms with van der Waals surface area (Å²) in [6.45, 7) is 3.05. The summed E-state index contributed by atoms with van der Waals surface area (Å²) in [6, 6.07) is 16.2. The molecule has 0 unspecified atom stereocenters. The molecule has 4 heterocycles. The highest BCUT2D eigenvalue weighted by molar-refractivity contribution is 7.17. The van der Waals surface area contributed by atoms with Crippen molar-refractivity contribution in [2.24, 2.45) is 0 Å². The van der Waals surface area contributed by atoms with Crippen molar-refractivity contribution in [3.63, 3.8) is 0 Å². The maximum atomic E-state index is 5.47. The summed E-state index contributed by atoms with van der Waals surface area (Å²) in [5, 5.41) is 5.35. The summed E-state index contributed by atoms with van der Waals surface area (Å²) in [5.74, 6) is 1.44. The van der Waals surface area contributed by atoms with E-state index in [0.29, 0.717) is 19.0 Å². The monoisotopic (exact) mass is 389 g/mol. The molecule has 1 fully saturated rings. The second-order valence-electron chi connectivity index (χ2n) is 6.52. The molecule has 1 aromatic carbocycles. The topological polar surface area (TPSA) is 63.2 Å². The van der Waals surface area contributed by atoms with Crippen molar-refractivity contribution >= 4 is 27.4 Å². The van der Waals surface area contributed by atoms with Crippen molar-refractivity contribution in [1.82, 2.24) is 20.0 Å². The fraction of sp³-hybridized carbons (Fsp3) is 0.190. The number of fused-ring (bicyclic) bond motifs is 1. The third-order valence-corrected chi connectivity index (χ3v) is 5.56. The van der Waals surface area contributed by atoms with E-state index in [2.05, 4.69) is 45.1 Å². The fourth-order valence-electron chi connectivity index (χ4n) is 3.29. The standard InChI is InChI=1S/C21H19N5OS/c1-2-6-15(7-3-1)16-14-28-21-18(16)20(25-26-10-12-27-13-11-26)23-19(24-21)17-8-4-5-9-22-17/h1-9,14H,10-13H2,(H,23,24,25). The van der Waals surface area contributed by atoms with Gasteiger partial charge in [0.1, 0.15) is 10.5 Å². The number of hydrogen-bond donors (Lipinski definition) is 1. The second-order valence-corrected chi connectivity index (χ2v) is 7.38. The molecule has 0 aliphatic carbocycles. The lowest BCUT2D eigenvalue weighted by atomic mass is 10.1. The van der Waals surface area contributed by atoms with Crippen LogP contribution in [0.4, 0.5) is 5.82 Å². The Kier molecular flexibility index (Phi) is 4.70. The van der Waals surface area contributed by atoms with Crippen LogP contribution in [0, 0.1) is 0 Å². The van der Waals surface area contributed by atoms with Gasteiger partial charge in [0.2, 0.25) is 0 Å². The first-order valence-corrected chi connectivity index (χ1v) is 10.1. The minimum atomic E-state index is 0.630. The summed E-state index contributed by atoms with van der Waals surface area (Å²) < 4.78 is 5.47. The second kappa shape index (κ2) is 7.63. The van der Waals surface area contributed by atoms with E-state index in [4.69, 9.17) is 14.7 Å². The Labute approximate surface area is 166 Å².